The van der Waals surface area contributed by atoms with Gasteiger partial charge in [0, 0.05) is 25.7 Å². The van der Waals surface area contributed by atoms with Crippen LogP contribution >= 0.6 is 0 Å². The number of hydrogen-bond acceptors (Lipinski definition) is 4. The van der Waals surface area contributed by atoms with E-state index in [2.05, 4.69) is 4.72 Å². The molecule has 0 radical (unpaired) electrons. The Bertz CT molecular complexity index is 722. The Hall–Kier alpha value is -1.86. The van der Waals surface area contributed by atoms with Crippen LogP contribution in [0.3, 0.4) is 0 Å². The standard InChI is InChI=1S/C18H26N2O4S/c1-14(2)11-18(21)20-10-4-5-15(13-20)12-19-25(22,23)17-8-6-16(24-3)7-9-17/h6-9,11,15,19H,4-5,10,12-13H2,1-3H3/t15-/m1/s1. The van der Waals surface area contributed by atoms with Crippen LogP contribution < -0.4 is 9.46 Å². The second kappa shape index (κ2) is 8.49. The first kappa shape index (κ1) is 19.5. The number of sulfonamides is 1. The molecule has 0 saturated carbocycles. The molecule has 7 heteroatoms. The summed E-state index contributed by atoms with van der Waals surface area (Å²) in [6.07, 6.45) is 3.42. The minimum Gasteiger partial charge on any atom is -0.497 e. The van der Waals surface area contributed by atoms with Crippen LogP contribution in [0.15, 0.2) is 40.8 Å². The van der Waals surface area contributed by atoms with Crippen LogP contribution in [0.2, 0.25) is 0 Å². The van der Waals surface area contributed by atoms with Gasteiger partial charge in [0.2, 0.25) is 15.9 Å². The third kappa shape index (κ3) is 5.57. The summed E-state index contributed by atoms with van der Waals surface area (Å²) >= 11 is 0. The highest BCUT2D eigenvalue weighted by Gasteiger charge is 2.24. The van der Waals surface area contributed by atoms with Crippen LogP contribution in [0.25, 0.3) is 0 Å². The van der Waals surface area contributed by atoms with Crippen molar-refractivity contribution >= 4 is 15.9 Å². The van der Waals surface area contributed by atoms with E-state index < -0.39 is 10.0 Å². The van der Waals surface area contributed by atoms with Gasteiger partial charge in [-0.2, -0.15) is 0 Å². The van der Waals surface area contributed by atoms with Gasteiger partial charge in [-0.3, -0.25) is 4.79 Å². The first-order valence-corrected chi connectivity index (χ1v) is 9.87. The molecule has 0 bridgehead atoms. The van der Waals surface area contributed by atoms with E-state index in [0.717, 1.165) is 25.0 Å². The zero-order chi connectivity index (χ0) is 18.4. The van der Waals surface area contributed by atoms with Gasteiger partial charge in [0.25, 0.3) is 0 Å². The average Bonchev–Trinajstić information content (AvgIpc) is 2.60. The molecule has 138 valence electrons. The zero-order valence-corrected chi connectivity index (χ0v) is 15.8. The van der Waals surface area contributed by atoms with Crippen LogP contribution in [0.4, 0.5) is 0 Å². The molecule has 1 atom stereocenters. The number of benzene rings is 1. The first-order chi connectivity index (χ1) is 11.8. The number of carbonyl (C=O) groups is 1. The van der Waals surface area contributed by atoms with Gasteiger partial charge in [-0.1, -0.05) is 5.57 Å². The summed E-state index contributed by atoms with van der Waals surface area (Å²) in [5.74, 6) is 0.735. The second-order valence-corrected chi connectivity index (χ2v) is 8.31. The third-order valence-electron chi connectivity index (χ3n) is 4.17. The number of allylic oxidation sites excluding steroid dienone is 1. The zero-order valence-electron chi connectivity index (χ0n) is 15.0. The maximum atomic E-state index is 12.4. The van der Waals surface area contributed by atoms with Crippen molar-refractivity contribution in [1.29, 1.82) is 0 Å². The maximum Gasteiger partial charge on any atom is 0.246 e. The van der Waals surface area contributed by atoms with Crippen LogP contribution in [0.1, 0.15) is 26.7 Å². The molecule has 1 aliphatic rings. The van der Waals surface area contributed by atoms with Crippen LogP contribution in [-0.2, 0) is 14.8 Å². The summed E-state index contributed by atoms with van der Waals surface area (Å²) in [5, 5.41) is 0. The lowest BCUT2D eigenvalue weighted by Crippen LogP contribution is -2.43. The van der Waals surface area contributed by atoms with Crippen molar-refractivity contribution in [3.8, 4) is 5.75 Å². The van der Waals surface area contributed by atoms with E-state index in [1.54, 1.807) is 23.1 Å². The van der Waals surface area contributed by atoms with Gasteiger partial charge in [-0.15, -0.1) is 0 Å². The quantitative estimate of drug-likeness (QED) is 0.783. The van der Waals surface area contributed by atoms with E-state index in [4.69, 9.17) is 4.74 Å². The molecule has 1 aromatic carbocycles. The summed E-state index contributed by atoms with van der Waals surface area (Å²) in [6.45, 7) is 5.41. The number of nitrogens with one attached hydrogen (secondary N) is 1. The summed E-state index contributed by atoms with van der Waals surface area (Å²) in [6, 6.07) is 6.28. The van der Waals surface area contributed by atoms with Gasteiger partial charge in [0.05, 0.1) is 12.0 Å². The molecule has 0 aromatic heterocycles. The number of nitrogens with zero attached hydrogens (tertiary/aromatic N) is 1. The van der Waals surface area contributed by atoms with Crippen molar-refractivity contribution in [3.63, 3.8) is 0 Å². The molecule has 2 rings (SSSR count). The molecular weight excluding hydrogens is 340 g/mol. The normalized spacial score (nSPS) is 17.9. The van der Waals surface area contributed by atoms with Crippen molar-refractivity contribution in [3.05, 3.63) is 35.9 Å². The maximum absolute atomic E-state index is 12.4. The van der Waals surface area contributed by atoms with Crippen LogP contribution in [-0.4, -0.2) is 46.0 Å². The van der Waals surface area contributed by atoms with Crippen molar-refractivity contribution in [2.75, 3.05) is 26.7 Å². The van der Waals surface area contributed by atoms with Crippen molar-refractivity contribution < 1.29 is 17.9 Å². The molecule has 1 N–H and O–H groups in total. The highest BCUT2D eigenvalue weighted by atomic mass is 32.2. The lowest BCUT2D eigenvalue weighted by atomic mass is 9.98. The average molecular weight is 366 g/mol. The Labute approximate surface area is 149 Å². The number of piperidine rings is 1. The van der Waals surface area contributed by atoms with Crippen molar-refractivity contribution in [1.82, 2.24) is 9.62 Å². The molecule has 25 heavy (non-hydrogen) atoms. The predicted octanol–water partition coefficient (Wildman–Crippen LogP) is 2.18. The third-order valence-corrected chi connectivity index (χ3v) is 5.61. The molecule has 1 aliphatic heterocycles. The molecular formula is C18H26N2O4S. The number of likely N-dealkylation sites (tertiary alicyclic amines) is 1. The fourth-order valence-corrected chi connectivity index (χ4v) is 3.95. The molecule has 1 amide bonds. The number of methoxy groups -OCH3 is 1. The summed E-state index contributed by atoms with van der Waals surface area (Å²) < 4.78 is 32.5. The lowest BCUT2D eigenvalue weighted by molar-refractivity contribution is -0.127. The molecule has 6 nitrogen and oxygen atoms in total. The summed E-state index contributed by atoms with van der Waals surface area (Å²) in [7, 11) is -2.03. The number of ether oxygens (including phenoxy) is 1. The lowest BCUT2D eigenvalue weighted by Gasteiger charge is -2.32. The SMILES string of the molecule is COc1ccc(S(=O)(=O)NC[C@H]2CCCN(C(=O)C=C(C)C)C2)cc1. The summed E-state index contributed by atoms with van der Waals surface area (Å²) in [4.78, 5) is 14.1. The van der Waals surface area contributed by atoms with E-state index in [9.17, 15) is 13.2 Å². The monoisotopic (exact) mass is 366 g/mol. The van der Waals surface area contributed by atoms with E-state index >= 15 is 0 Å². The minimum atomic E-state index is -3.56. The van der Waals surface area contributed by atoms with Crippen molar-refractivity contribution in [2.24, 2.45) is 5.92 Å². The molecule has 0 unspecified atom stereocenters. The predicted molar refractivity (Wildman–Crippen MR) is 96.9 cm³/mol. The number of carbonyl (C=O) groups excluding carboxylic acids is 1. The molecule has 1 heterocycles. The fraction of sp³-hybridized carbons (Fsp3) is 0.500. The Morgan fingerprint density at radius 3 is 2.60 bits per heavy atom. The van der Waals surface area contributed by atoms with Gasteiger partial charge in [-0.25, -0.2) is 13.1 Å². The number of hydrogen-bond donors (Lipinski definition) is 1. The minimum absolute atomic E-state index is 0.00251. The van der Waals surface area contributed by atoms with Crippen molar-refractivity contribution in [2.45, 2.75) is 31.6 Å². The van der Waals surface area contributed by atoms with Gasteiger partial charge in [0.15, 0.2) is 0 Å². The van der Waals surface area contributed by atoms with E-state index in [-0.39, 0.29) is 16.7 Å². The summed E-state index contributed by atoms with van der Waals surface area (Å²) in [5.41, 5.74) is 0.965. The second-order valence-electron chi connectivity index (χ2n) is 6.54. The highest BCUT2D eigenvalue weighted by Crippen LogP contribution is 2.19. The highest BCUT2D eigenvalue weighted by molar-refractivity contribution is 7.89. The first-order valence-electron chi connectivity index (χ1n) is 8.39. The molecule has 1 saturated heterocycles. The Morgan fingerprint density at radius 1 is 1.32 bits per heavy atom. The van der Waals surface area contributed by atoms with Gasteiger partial charge in [0.1, 0.15) is 5.75 Å². The Kier molecular flexibility index (Phi) is 6.61. The molecule has 1 aromatic rings. The number of rotatable bonds is 6. The van der Waals surface area contributed by atoms with E-state index in [0.29, 0.717) is 18.8 Å². The van der Waals surface area contributed by atoms with E-state index in [1.165, 1.54) is 19.2 Å². The van der Waals surface area contributed by atoms with Gasteiger partial charge in [-0.05, 0) is 56.9 Å². The molecule has 0 spiro atoms. The van der Waals surface area contributed by atoms with E-state index in [1.807, 2.05) is 13.8 Å². The molecule has 1 fully saturated rings. The Morgan fingerprint density at radius 2 is 2.00 bits per heavy atom. The Balaban J connectivity index is 1.95. The fourth-order valence-electron chi connectivity index (χ4n) is 2.84. The smallest absolute Gasteiger partial charge is 0.246 e. The van der Waals surface area contributed by atoms with Crippen LogP contribution in [0.5, 0.6) is 5.75 Å². The van der Waals surface area contributed by atoms with Gasteiger partial charge >= 0.3 is 0 Å². The molecule has 0 aliphatic carbocycles. The largest absolute Gasteiger partial charge is 0.497 e. The topological polar surface area (TPSA) is 75.7 Å². The number of amides is 1. The van der Waals surface area contributed by atoms with Gasteiger partial charge < -0.3 is 9.64 Å². The van der Waals surface area contributed by atoms with Crippen LogP contribution in [0, 0.1) is 5.92 Å².